The first-order valence-corrected chi connectivity index (χ1v) is 7.89. The van der Waals surface area contributed by atoms with Gasteiger partial charge in [0, 0.05) is 17.2 Å². The molecule has 1 aliphatic heterocycles. The Hall–Kier alpha value is -0.420. The fourth-order valence-electron chi connectivity index (χ4n) is 2.24. The summed E-state index contributed by atoms with van der Waals surface area (Å²) in [6, 6.07) is 0.770. The second kappa shape index (κ2) is 7.24. The molecule has 1 atom stereocenters. The lowest BCUT2D eigenvalue weighted by Gasteiger charge is -2.25. The third-order valence-corrected chi connectivity index (χ3v) is 5.04. The zero-order chi connectivity index (χ0) is 13.6. The van der Waals surface area contributed by atoms with Crippen molar-refractivity contribution in [3.63, 3.8) is 0 Å². The molecule has 0 aliphatic carbocycles. The van der Waals surface area contributed by atoms with Crippen molar-refractivity contribution in [2.45, 2.75) is 45.6 Å². The van der Waals surface area contributed by atoms with Crippen LogP contribution in [-0.4, -0.2) is 47.1 Å². The van der Waals surface area contributed by atoms with Gasteiger partial charge in [0.1, 0.15) is 5.84 Å². The Balaban J connectivity index is 2.18. The highest BCUT2D eigenvalue weighted by Gasteiger charge is 2.23. The van der Waals surface area contributed by atoms with Gasteiger partial charge in [-0.2, -0.15) is 11.8 Å². The van der Waals surface area contributed by atoms with Crippen LogP contribution < -0.4 is 5.73 Å². The summed E-state index contributed by atoms with van der Waals surface area (Å²) in [6.07, 6.45) is 4.60. The number of nitrogens with zero attached hydrogens (tertiary/aromatic N) is 2. The molecule has 0 bridgehead atoms. The number of oxime groups is 1. The zero-order valence-corrected chi connectivity index (χ0v) is 12.7. The standard InChI is InChI=1S/C13H27N3OS/c1-13(2,12(14)15-17)7-4-5-8-16(3)11-6-9-18-10-11/h11,17H,4-10H2,1-3H3,(H2,14,15). The van der Waals surface area contributed by atoms with Gasteiger partial charge in [0.15, 0.2) is 0 Å². The second-order valence-electron chi connectivity index (χ2n) is 5.82. The molecule has 1 rings (SSSR count). The molecule has 106 valence electrons. The molecule has 1 saturated heterocycles. The van der Waals surface area contributed by atoms with Gasteiger partial charge in [-0.15, -0.1) is 0 Å². The lowest BCUT2D eigenvalue weighted by molar-refractivity contribution is 0.252. The molecule has 18 heavy (non-hydrogen) atoms. The minimum atomic E-state index is -0.198. The Morgan fingerprint density at radius 2 is 2.22 bits per heavy atom. The summed E-state index contributed by atoms with van der Waals surface area (Å²) in [5.74, 6) is 2.93. The van der Waals surface area contributed by atoms with E-state index in [0.29, 0.717) is 5.84 Å². The minimum Gasteiger partial charge on any atom is -0.409 e. The first kappa shape index (κ1) is 15.6. The summed E-state index contributed by atoms with van der Waals surface area (Å²) >= 11 is 2.06. The van der Waals surface area contributed by atoms with Crippen molar-refractivity contribution < 1.29 is 5.21 Å². The molecular weight excluding hydrogens is 246 g/mol. The number of amidine groups is 1. The fraction of sp³-hybridized carbons (Fsp3) is 0.923. The van der Waals surface area contributed by atoms with Gasteiger partial charge in [-0.25, -0.2) is 0 Å². The smallest absolute Gasteiger partial charge is 0.144 e. The normalized spacial score (nSPS) is 21.8. The topological polar surface area (TPSA) is 61.8 Å². The van der Waals surface area contributed by atoms with E-state index < -0.39 is 0 Å². The molecule has 1 unspecified atom stereocenters. The summed E-state index contributed by atoms with van der Waals surface area (Å²) < 4.78 is 0. The molecular formula is C13H27N3OS. The van der Waals surface area contributed by atoms with Gasteiger partial charge in [0.2, 0.25) is 0 Å². The zero-order valence-electron chi connectivity index (χ0n) is 11.9. The van der Waals surface area contributed by atoms with Crippen molar-refractivity contribution in [2.75, 3.05) is 25.1 Å². The van der Waals surface area contributed by atoms with Gasteiger partial charge in [0.05, 0.1) is 0 Å². The van der Waals surface area contributed by atoms with E-state index in [1.807, 2.05) is 13.8 Å². The Morgan fingerprint density at radius 3 is 2.78 bits per heavy atom. The highest BCUT2D eigenvalue weighted by Crippen LogP contribution is 2.24. The molecule has 0 saturated carbocycles. The number of unbranched alkanes of at least 4 members (excludes halogenated alkanes) is 1. The molecule has 4 nitrogen and oxygen atoms in total. The molecule has 0 amide bonds. The summed E-state index contributed by atoms with van der Waals surface area (Å²) in [6.45, 7) is 5.20. The average Bonchev–Trinajstić information content (AvgIpc) is 2.87. The van der Waals surface area contributed by atoms with Crippen molar-refractivity contribution in [3.8, 4) is 0 Å². The highest BCUT2D eigenvalue weighted by atomic mass is 32.2. The monoisotopic (exact) mass is 273 g/mol. The maximum absolute atomic E-state index is 8.71. The molecule has 0 aromatic carbocycles. The number of rotatable bonds is 7. The summed E-state index contributed by atoms with van der Waals surface area (Å²) in [7, 11) is 2.23. The summed E-state index contributed by atoms with van der Waals surface area (Å²) in [5, 5.41) is 11.8. The Morgan fingerprint density at radius 1 is 1.50 bits per heavy atom. The SMILES string of the molecule is CN(CCCCC(C)(C)C(N)=NO)C1CCSC1. The Bertz CT molecular complexity index is 275. The molecule has 5 heteroatoms. The molecule has 1 aliphatic rings. The first-order valence-electron chi connectivity index (χ1n) is 6.73. The predicted molar refractivity (Wildman–Crippen MR) is 79.4 cm³/mol. The lowest BCUT2D eigenvalue weighted by atomic mass is 9.86. The van der Waals surface area contributed by atoms with Crippen LogP contribution in [0.3, 0.4) is 0 Å². The van der Waals surface area contributed by atoms with Gasteiger partial charge in [-0.05, 0) is 38.6 Å². The van der Waals surface area contributed by atoms with Crippen LogP contribution in [0.2, 0.25) is 0 Å². The molecule has 3 N–H and O–H groups in total. The summed E-state index contributed by atoms with van der Waals surface area (Å²) in [5.41, 5.74) is 5.48. The van der Waals surface area contributed by atoms with E-state index in [1.54, 1.807) is 0 Å². The lowest BCUT2D eigenvalue weighted by Crippen LogP contribution is -2.33. The maximum Gasteiger partial charge on any atom is 0.144 e. The van der Waals surface area contributed by atoms with Crippen LogP contribution in [-0.2, 0) is 0 Å². The van der Waals surface area contributed by atoms with Crippen LogP contribution in [0.25, 0.3) is 0 Å². The highest BCUT2D eigenvalue weighted by molar-refractivity contribution is 7.99. The number of thioether (sulfide) groups is 1. The average molecular weight is 273 g/mol. The van der Waals surface area contributed by atoms with Crippen LogP contribution in [0.5, 0.6) is 0 Å². The molecule has 1 fully saturated rings. The van der Waals surface area contributed by atoms with Crippen molar-refractivity contribution in [1.82, 2.24) is 4.90 Å². The maximum atomic E-state index is 8.71. The van der Waals surface area contributed by atoms with E-state index in [1.165, 1.54) is 24.3 Å². The fourth-order valence-corrected chi connectivity index (χ4v) is 3.54. The number of hydrogen-bond acceptors (Lipinski definition) is 4. The van der Waals surface area contributed by atoms with Gasteiger partial charge in [0.25, 0.3) is 0 Å². The van der Waals surface area contributed by atoms with Gasteiger partial charge >= 0.3 is 0 Å². The van der Waals surface area contributed by atoms with E-state index in [-0.39, 0.29) is 5.41 Å². The van der Waals surface area contributed by atoms with Crippen molar-refractivity contribution in [2.24, 2.45) is 16.3 Å². The van der Waals surface area contributed by atoms with Crippen LogP contribution in [0.1, 0.15) is 39.5 Å². The largest absolute Gasteiger partial charge is 0.409 e. The molecule has 1 heterocycles. The molecule has 0 aromatic heterocycles. The Labute approximate surface area is 115 Å². The summed E-state index contributed by atoms with van der Waals surface area (Å²) in [4.78, 5) is 2.48. The van der Waals surface area contributed by atoms with Crippen molar-refractivity contribution in [1.29, 1.82) is 0 Å². The van der Waals surface area contributed by atoms with Gasteiger partial charge in [-0.3, -0.25) is 0 Å². The van der Waals surface area contributed by atoms with E-state index in [9.17, 15) is 0 Å². The van der Waals surface area contributed by atoms with Crippen LogP contribution in [0.15, 0.2) is 5.16 Å². The molecule has 0 aromatic rings. The van der Waals surface area contributed by atoms with Crippen LogP contribution >= 0.6 is 11.8 Å². The first-order chi connectivity index (χ1) is 8.47. The molecule has 0 spiro atoms. The third kappa shape index (κ3) is 4.69. The minimum absolute atomic E-state index is 0.198. The van der Waals surface area contributed by atoms with Gasteiger partial charge < -0.3 is 15.8 Å². The van der Waals surface area contributed by atoms with E-state index in [0.717, 1.165) is 25.4 Å². The number of nitrogens with two attached hydrogens (primary N) is 1. The van der Waals surface area contributed by atoms with Crippen LogP contribution in [0.4, 0.5) is 0 Å². The number of hydrogen-bond donors (Lipinski definition) is 2. The van der Waals surface area contributed by atoms with Crippen LogP contribution in [0, 0.1) is 5.41 Å². The van der Waals surface area contributed by atoms with E-state index in [4.69, 9.17) is 10.9 Å². The van der Waals surface area contributed by atoms with Gasteiger partial charge in [-0.1, -0.05) is 25.4 Å². The van der Waals surface area contributed by atoms with E-state index in [2.05, 4.69) is 28.9 Å². The second-order valence-corrected chi connectivity index (χ2v) is 6.97. The predicted octanol–water partition coefficient (Wildman–Crippen LogP) is 2.37. The van der Waals surface area contributed by atoms with E-state index >= 15 is 0 Å². The van der Waals surface area contributed by atoms with Crippen molar-refractivity contribution >= 4 is 17.6 Å². The van der Waals surface area contributed by atoms with Crippen molar-refractivity contribution in [3.05, 3.63) is 0 Å². The Kier molecular flexibility index (Phi) is 6.29. The third-order valence-electron chi connectivity index (χ3n) is 3.89. The quantitative estimate of drug-likeness (QED) is 0.246. The molecule has 0 radical (unpaired) electrons.